The minimum atomic E-state index is -0.757. The first-order valence-corrected chi connectivity index (χ1v) is 9.32. The van der Waals surface area contributed by atoms with E-state index < -0.39 is 5.54 Å². The Morgan fingerprint density at radius 1 is 1.23 bits per heavy atom. The van der Waals surface area contributed by atoms with Gasteiger partial charge in [0, 0.05) is 5.02 Å². The lowest BCUT2D eigenvalue weighted by atomic mass is 10.00. The molecule has 1 aliphatic carbocycles. The molecule has 0 spiro atoms. The van der Waals surface area contributed by atoms with Crippen molar-refractivity contribution in [2.24, 2.45) is 0 Å². The second kappa shape index (κ2) is 9.22. The number of rotatable bonds is 7. The number of nitrogens with zero attached hydrogens (tertiary/aromatic N) is 2. The van der Waals surface area contributed by atoms with E-state index in [0.29, 0.717) is 35.1 Å². The topological polar surface area (TPSA) is 85.2 Å². The van der Waals surface area contributed by atoms with E-state index in [0.717, 1.165) is 12.8 Å². The van der Waals surface area contributed by atoms with Crippen LogP contribution in [0.4, 0.5) is 5.69 Å². The molecule has 0 aliphatic heterocycles. The maximum atomic E-state index is 12.3. The average Bonchev–Trinajstić information content (AvgIpc) is 3.06. The average molecular weight is 397 g/mol. The molecule has 1 fully saturated rings. The van der Waals surface area contributed by atoms with Gasteiger partial charge >= 0.3 is 0 Å². The fourth-order valence-electron chi connectivity index (χ4n) is 3.02. The Bertz CT molecular complexity index is 712. The number of halogens is 2. The number of carbonyl (C=O) groups is 2. The fourth-order valence-corrected chi connectivity index (χ4v) is 3.36. The van der Waals surface area contributed by atoms with E-state index in [4.69, 9.17) is 23.2 Å². The second-order valence-corrected chi connectivity index (χ2v) is 7.27. The number of anilines is 1. The molecule has 0 atom stereocenters. The summed E-state index contributed by atoms with van der Waals surface area (Å²) in [5.74, 6) is -0.538. The van der Waals surface area contributed by atoms with Gasteiger partial charge in [-0.3, -0.25) is 14.5 Å². The van der Waals surface area contributed by atoms with Gasteiger partial charge in [-0.05, 0) is 50.4 Å². The number of hydrogen-bond acceptors (Lipinski definition) is 4. The van der Waals surface area contributed by atoms with Gasteiger partial charge in [0.25, 0.3) is 0 Å². The molecule has 1 saturated carbocycles. The number of likely N-dealkylation sites (N-methyl/N-ethyl adjacent to an activating group) is 1. The number of nitriles is 1. The van der Waals surface area contributed by atoms with Crippen molar-refractivity contribution in [3.8, 4) is 6.07 Å². The summed E-state index contributed by atoms with van der Waals surface area (Å²) in [5.41, 5.74) is -0.327. The molecule has 0 heterocycles. The third-order valence-corrected chi connectivity index (χ3v) is 5.00. The van der Waals surface area contributed by atoms with Gasteiger partial charge in [-0.1, -0.05) is 30.1 Å². The molecule has 0 aromatic heterocycles. The molecule has 1 aromatic rings. The van der Waals surface area contributed by atoms with Crippen molar-refractivity contribution in [1.29, 1.82) is 5.26 Å². The number of nitrogens with one attached hydrogen (secondary N) is 2. The second-order valence-electron chi connectivity index (χ2n) is 6.42. The summed E-state index contributed by atoms with van der Waals surface area (Å²) in [6, 6.07) is 7.04. The minimum Gasteiger partial charge on any atom is -0.337 e. The highest BCUT2D eigenvalue weighted by molar-refractivity contribution is 6.35. The molecule has 8 heteroatoms. The molecular formula is C18H22Cl2N4O2. The van der Waals surface area contributed by atoms with Crippen LogP contribution in [0.3, 0.4) is 0 Å². The van der Waals surface area contributed by atoms with Gasteiger partial charge < -0.3 is 10.6 Å². The predicted octanol–water partition coefficient (Wildman–Crippen LogP) is 3.21. The van der Waals surface area contributed by atoms with E-state index in [-0.39, 0.29) is 24.9 Å². The Labute approximate surface area is 163 Å². The highest BCUT2D eigenvalue weighted by Gasteiger charge is 2.35. The lowest BCUT2D eigenvalue weighted by Gasteiger charge is -2.25. The molecule has 0 unspecified atom stereocenters. The van der Waals surface area contributed by atoms with Crippen LogP contribution >= 0.6 is 23.2 Å². The zero-order chi connectivity index (χ0) is 19.2. The summed E-state index contributed by atoms with van der Waals surface area (Å²) < 4.78 is 0. The molecule has 6 nitrogen and oxygen atoms in total. The van der Waals surface area contributed by atoms with E-state index in [1.165, 1.54) is 0 Å². The largest absolute Gasteiger partial charge is 0.337 e. The van der Waals surface area contributed by atoms with E-state index >= 15 is 0 Å². The Hall–Kier alpha value is -1.81. The van der Waals surface area contributed by atoms with E-state index in [9.17, 15) is 14.9 Å². The van der Waals surface area contributed by atoms with E-state index in [1.807, 2.05) is 6.92 Å². The third-order valence-electron chi connectivity index (χ3n) is 4.43. The third kappa shape index (κ3) is 5.60. The predicted molar refractivity (Wildman–Crippen MR) is 102 cm³/mol. The Morgan fingerprint density at radius 2 is 1.88 bits per heavy atom. The Kier molecular flexibility index (Phi) is 7.27. The first-order chi connectivity index (χ1) is 12.4. The van der Waals surface area contributed by atoms with Crippen molar-refractivity contribution in [3.63, 3.8) is 0 Å². The molecule has 2 rings (SSSR count). The van der Waals surface area contributed by atoms with Crippen molar-refractivity contribution >= 4 is 40.7 Å². The van der Waals surface area contributed by atoms with Crippen LogP contribution < -0.4 is 10.6 Å². The summed E-state index contributed by atoms with van der Waals surface area (Å²) in [6.07, 6.45) is 3.23. The van der Waals surface area contributed by atoms with Gasteiger partial charge in [-0.2, -0.15) is 5.26 Å². The zero-order valence-electron chi connectivity index (χ0n) is 14.6. The molecular weight excluding hydrogens is 375 g/mol. The zero-order valence-corrected chi connectivity index (χ0v) is 16.2. The van der Waals surface area contributed by atoms with Crippen molar-refractivity contribution in [1.82, 2.24) is 10.2 Å². The molecule has 0 bridgehead atoms. The maximum absolute atomic E-state index is 12.3. The van der Waals surface area contributed by atoms with Crippen molar-refractivity contribution in [2.45, 2.75) is 38.1 Å². The summed E-state index contributed by atoms with van der Waals surface area (Å²) in [4.78, 5) is 26.2. The van der Waals surface area contributed by atoms with Crippen LogP contribution in [0.5, 0.6) is 0 Å². The SMILES string of the molecule is CCN(CC(=O)Nc1cc(Cl)ccc1Cl)CC(=O)NC1(C#N)CCCC1. The maximum Gasteiger partial charge on any atom is 0.238 e. The van der Waals surface area contributed by atoms with Gasteiger partial charge in [0.2, 0.25) is 11.8 Å². The fraction of sp³-hybridized carbons (Fsp3) is 0.500. The molecule has 0 saturated heterocycles. The van der Waals surface area contributed by atoms with Crippen LogP contribution in [-0.4, -0.2) is 41.9 Å². The normalized spacial score (nSPS) is 15.5. The number of carbonyl (C=O) groups excluding carboxylic acids is 2. The molecule has 1 aliphatic rings. The van der Waals surface area contributed by atoms with Gasteiger partial charge in [0.15, 0.2) is 0 Å². The molecule has 1 aromatic carbocycles. The molecule has 2 N–H and O–H groups in total. The monoisotopic (exact) mass is 396 g/mol. The van der Waals surface area contributed by atoms with Gasteiger partial charge in [-0.15, -0.1) is 0 Å². The highest BCUT2D eigenvalue weighted by atomic mass is 35.5. The smallest absolute Gasteiger partial charge is 0.238 e. The van der Waals surface area contributed by atoms with Gasteiger partial charge in [0.05, 0.1) is 29.9 Å². The van der Waals surface area contributed by atoms with Gasteiger partial charge in [0.1, 0.15) is 5.54 Å². The highest BCUT2D eigenvalue weighted by Crippen LogP contribution is 2.29. The first kappa shape index (κ1) is 20.5. The Morgan fingerprint density at radius 3 is 2.50 bits per heavy atom. The van der Waals surface area contributed by atoms with Gasteiger partial charge in [-0.25, -0.2) is 0 Å². The quantitative estimate of drug-likeness (QED) is 0.740. The van der Waals surface area contributed by atoms with Crippen LogP contribution in [0, 0.1) is 11.3 Å². The van der Waals surface area contributed by atoms with E-state index in [1.54, 1.807) is 23.1 Å². The number of hydrogen-bond donors (Lipinski definition) is 2. The molecule has 26 heavy (non-hydrogen) atoms. The van der Waals surface area contributed by atoms with Crippen molar-refractivity contribution in [3.05, 3.63) is 28.2 Å². The first-order valence-electron chi connectivity index (χ1n) is 8.57. The molecule has 140 valence electrons. The molecule has 0 radical (unpaired) electrons. The van der Waals surface area contributed by atoms with Crippen LogP contribution in [0.1, 0.15) is 32.6 Å². The Balaban J connectivity index is 1.90. The van der Waals surface area contributed by atoms with Crippen LogP contribution in [0.2, 0.25) is 10.0 Å². The lowest BCUT2D eigenvalue weighted by molar-refractivity contribution is -0.124. The number of benzene rings is 1. The lowest BCUT2D eigenvalue weighted by Crippen LogP contribution is -2.49. The standard InChI is InChI=1S/C18H22Cl2N4O2/c1-2-24(11-17(26)23-18(12-21)7-3-4-8-18)10-16(25)22-15-9-13(19)5-6-14(15)20/h5-6,9H,2-4,7-8,10-11H2,1H3,(H,22,25)(H,23,26). The van der Waals surface area contributed by atoms with Crippen molar-refractivity contribution < 1.29 is 9.59 Å². The van der Waals surface area contributed by atoms with Crippen molar-refractivity contribution in [2.75, 3.05) is 25.0 Å². The minimum absolute atomic E-state index is 0.0340. The molecule has 2 amide bonds. The van der Waals surface area contributed by atoms with Crippen LogP contribution in [0.25, 0.3) is 0 Å². The number of amides is 2. The summed E-state index contributed by atoms with van der Waals surface area (Å²) in [7, 11) is 0. The van der Waals surface area contributed by atoms with E-state index in [2.05, 4.69) is 16.7 Å². The summed E-state index contributed by atoms with van der Waals surface area (Å²) in [6.45, 7) is 2.47. The van der Waals surface area contributed by atoms with Crippen LogP contribution in [0.15, 0.2) is 18.2 Å². The van der Waals surface area contributed by atoms with Crippen LogP contribution in [-0.2, 0) is 9.59 Å². The summed E-state index contributed by atoms with van der Waals surface area (Å²) in [5, 5.41) is 15.7. The summed E-state index contributed by atoms with van der Waals surface area (Å²) >= 11 is 12.0.